The van der Waals surface area contributed by atoms with Gasteiger partial charge < -0.3 is 25.3 Å². The molecule has 0 aromatic heterocycles. The second-order valence-electron chi connectivity index (χ2n) is 11.4. The van der Waals surface area contributed by atoms with Crippen LogP contribution >= 0.6 is 0 Å². The number of benzene rings is 3. The molecule has 0 bridgehead atoms. The summed E-state index contributed by atoms with van der Waals surface area (Å²) < 4.78 is 79.8. The number of carbonyl (C=O) groups is 3. The Morgan fingerprint density at radius 3 is 1.93 bits per heavy atom. The van der Waals surface area contributed by atoms with Crippen LogP contribution in [0.1, 0.15) is 42.5 Å². The molecule has 2 N–H and O–H groups in total. The summed E-state index contributed by atoms with van der Waals surface area (Å²) in [6.45, 7) is 1.70. The van der Waals surface area contributed by atoms with E-state index < -0.39 is 40.7 Å². The van der Waals surface area contributed by atoms with Crippen LogP contribution in [0.4, 0.5) is 42.5 Å². The molecule has 3 aromatic carbocycles. The summed E-state index contributed by atoms with van der Waals surface area (Å²) in [5, 5.41) is 5.07. The van der Waals surface area contributed by atoms with Gasteiger partial charge in [0.05, 0.1) is 23.8 Å². The molecule has 0 unspecified atom stereocenters. The summed E-state index contributed by atoms with van der Waals surface area (Å²) in [6.07, 6.45) is -9.90. The van der Waals surface area contributed by atoms with Gasteiger partial charge in [0.25, 0.3) is 5.91 Å². The predicted molar refractivity (Wildman–Crippen MR) is 158 cm³/mol. The zero-order valence-electron chi connectivity index (χ0n) is 24.7. The number of halogens is 6. The number of amides is 4. The molecular weight excluding hydrogens is 616 g/mol. The Hall–Kier alpha value is -4.75. The number of nitrogens with zero attached hydrogens (tertiary/aromatic N) is 3. The number of anilines is 2. The molecule has 8 nitrogen and oxygen atoms in total. The van der Waals surface area contributed by atoms with Crippen molar-refractivity contribution in [1.29, 1.82) is 0 Å². The molecular formula is C32H31F6N5O3. The van der Waals surface area contributed by atoms with Gasteiger partial charge in [-0.2, -0.15) is 26.3 Å². The Labute approximate surface area is 261 Å². The third-order valence-corrected chi connectivity index (χ3v) is 8.31. The molecule has 0 aliphatic carbocycles. The second-order valence-corrected chi connectivity index (χ2v) is 11.4. The molecule has 2 aliphatic heterocycles. The quantitative estimate of drug-likeness (QED) is 0.309. The van der Waals surface area contributed by atoms with E-state index in [0.29, 0.717) is 12.1 Å². The summed E-state index contributed by atoms with van der Waals surface area (Å²) in [7, 11) is 0. The maximum Gasteiger partial charge on any atom is 0.416 e. The molecule has 14 heteroatoms. The molecule has 2 aliphatic rings. The van der Waals surface area contributed by atoms with Crippen molar-refractivity contribution < 1.29 is 40.7 Å². The van der Waals surface area contributed by atoms with E-state index >= 15 is 0 Å². The molecule has 4 amide bonds. The van der Waals surface area contributed by atoms with Crippen molar-refractivity contribution in [3.63, 3.8) is 0 Å². The lowest BCUT2D eigenvalue weighted by molar-refractivity contribution is -0.143. The van der Waals surface area contributed by atoms with Crippen LogP contribution in [0, 0.1) is 0 Å². The smallest absolute Gasteiger partial charge is 0.348 e. The van der Waals surface area contributed by atoms with Crippen LogP contribution in [0.15, 0.2) is 78.9 Å². The van der Waals surface area contributed by atoms with Crippen molar-refractivity contribution in [3.8, 4) is 0 Å². The zero-order valence-corrected chi connectivity index (χ0v) is 24.7. The van der Waals surface area contributed by atoms with E-state index in [1.807, 2.05) is 60.4 Å². The standard InChI is InChI=1S/C32H31F6N5O3/c1-21(22-8-4-2-5-9-22)39-27(44)19-42-20-43(26-10-6-3-7-11-26)30(28(42)45)12-14-41(15-13-30)29(46)40-25-17-23(31(33,34)35)16-24(18-25)32(36,37)38/h2-11,16-18,21H,12-15,19-20H2,1H3,(H,39,44)(H,40,46)/t21-/m0/s1. The number of carbonyl (C=O) groups excluding carboxylic acids is 3. The maximum atomic E-state index is 14.0. The number of para-hydroxylation sites is 1. The van der Waals surface area contributed by atoms with E-state index in [0.717, 1.165) is 11.3 Å². The minimum atomic E-state index is -5.07. The molecule has 1 spiro atoms. The third kappa shape index (κ3) is 6.90. The summed E-state index contributed by atoms with van der Waals surface area (Å²) in [4.78, 5) is 44.6. The Morgan fingerprint density at radius 1 is 0.848 bits per heavy atom. The van der Waals surface area contributed by atoms with Crippen LogP contribution < -0.4 is 15.5 Å². The fourth-order valence-electron chi connectivity index (χ4n) is 5.92. The summed E-state index contributed by atoms with van der Waals surface area (Å²) in [5.41, 5.74) is -3.25. The predicted octanol–water partition coefficient (Wildman–Crippen LogP) is 6.27. The van der Waals surface area contributed by atoms with E-state index in [4.69, 9.17) is 0 Å². The second kappa shape index (κ2) is 12.6. The summed E-state index contributed by atoms with van der Waals surface area (Å²) in [6, 6.07) is 18.1. The van der Waals surface area contributed by atoms with Gasteiger partial charge in [-0.25, -0.2) is 4.79 Å². The van der Waals surface area contributed by atoms with E-state index in [-0.39, 0.29) is 63.1 Å². The average Bonchev–Trinajstić information content (AvgIpc) is 3.27. The highest BCUT2D eigenvalue weighted by Crippen LogP contribution is 2.40. The van der Waals surface area contributed by atoms with E-state index in [1.54, 1.807) is 12.1 Å². The molecule has 0 radical (unpaired) electrons. The highest BCUT2D eigenvalue weighted by molar-refractivity contribution is 5.97. The molecule has 2 fully saturated rings. The lowest BCUT2D eigenvalue weighted by Crippen LogP contribution is -2.58. The Kier molecular flexibility index (Phi) is 8.91. The first kappa shape index (κ1) is 32.6. The number of urea groups is 1. The lowest BCUT2D eigenvalue weighted by atomic mass is 9.85. The molecule has 0 saturated carbocycles. The van der Waals surface area contributed by atoms with Crippen molar-refractivity contribution in [3.05, 3.63) is 95.6 Å². The highest BCUT2D eigenvalue weighted by Gasteiger charge is 2.54. The molecule has 2 saturated heterocycles. The monoisotopic (exact) mass is 647 g/mol. The number of hydrogen-bond acceptors (Lipinski definition) is 4. The summed E-state index contributed by atoms with van der Waals surface area (Å²) >= 11 is 0. The van der Waals surface area contributed by atoms with E-state index in [1.165, 1.54) is 9.80 Å². The van der Waals surface area contributed by atoms with Gasteiger partial charge in [0.2, 0.25) is 5.91 Å². The average molecular weight is 648 g/mol. The highest BCUT2D eigenvalue weighted by atomic mass is 19.4. The number of nitrogens with one attached hydrogen (secondary N) is 2. The topological polar surface area (TPSA) is 85.0 Å². The Balaban J connectivity index is 1.31. The minimum Gasteiger partial charge on any atom is -0.348 e. The van der Waals surface area contributed by atoms with Gasteiger partial charge in [-0.15, -0.1) is 0 Å². The molecule has 46 heavy (non-hydrogen) atoms. The first-order valence-electron chi connectivity index (χ1n) is 14.5. The van der Waals surface area contributed by atoms with Gasteiger partial charge in [-0.3, -0.25) is 9.59 Å². The van der Waals surface area contributed by atoms with Gasteiger partial charge in [0, 0.05) is 24.5 Å². The largest absolute Gasteiger partial charge is 0.416 e. The lowest BCUT2D eigenvalue weighted by Gasteiger charge is -2.43. The zero-order chi connectivity index (χ0) is 33.3. The van der Waals surface area contributed by atoms with Crippen LogP contribution in [0.3, 0.4) is 0 Å². The Bertz CT molecular complexity index is 1540. The van der Waals surface area contributed by atoms with Crippen LogP contribution in [0.5, 0.6) is 0 Å². The van der Waals surface area contributed by atoms with Gasteiger partial charge in [-0.05, 0) is 55.7 Å². The number of alkyl halides is 6. The van der Waals surface area contributed by atoms with Crippen LogP contribution in [-0.2, 0) is 21.9 Å². The molecule has 3 aromatic rings. The van der Waals surface area contributed by atoms with Crippen LogP contribution in [0.25, 0.3) is 0 Å². The number of likely N-dealkylation sites (tertiary alicyclic amines) is 1. The van der Waals surface area contributed by atoms with Crippen LogP contribution in [0.2, 0.25) is 0 Å². The van der Waals surface area contributed by atoms with Gasteiger partial charge in [-0.1, -0.05) is 48.5 Å². The molecule has 5 rings (SSSR count). The molecule has 244 valence electrons. The van der Waals surface area contributed by atoms with Crippen molar-refractivity contribution in [2.45, 2.75) is 43.7 Å². The summed E-state index contributed by atoms with van der Waals surface area (Å²) in [5.74, 6) is -0.669. The normalized spacial score (nSPS) is 17.3. The first-order chi connectivity index (χ1) is 21.7. The van der Waals surface area contributed by atoms with E-state index in [9.17, 15) is 40.7 Å². The van der Waals surface area contributed by atoms with Crippen LogP contribution in [-0.4, -0.2) is 59.5 Å². The van der Waals surface area contributed by atoms with Crippen molar-refractivity contribution in [2.24, 2.45) is 0 Å². The van der Waals surface area contributed by atoms with Gasteiger partial charge in [0.15, 0.2) is 0 Å². The first-order valence-corrected chi connectivity index (χ1v) is 14.5. The minimum absolute atomic E-state index is 0.0154. The van der Waals surface area contributed by atoms with Crippen molar-refractivity contribution in [2.75, 3.05) is 36.5 Å². The fraction of sp³-hybridized carbons (Fsp3) is 0.344. The molecule has 2 heterocycles. The van der Waals surface area contributed by atoms with Gasteiger partial charge in [0.1, 0.15) is 12.1 Å². The van der Waals surface area contributed by atoms with E-state index in [2.05, 4.69) is 10.6 Å². The van der Waals surface area contributed by atoms with Crippen molar-refractivity contribution in [1.82, 2.24) is 15.1 Å². The Morgan fingerprint density at radius 2 is 1.39 bits per heavy atom. The molecule has 1 atom stereocenters. The maximum absolute atomic E-state index is 14.0. The number of hydrogen-bond donors (Lipinski definition) is 2. The number of piperidine rings is 1. The van der Waals surface area contributed by atoms with Crippen molar-refractivity contribution >= 4 is 29.2 Å². The SMILES string of the molecule is C[C@H](NC(=O)CN1CN(c2ccccc2)C2(CCN(C(=O)Nc3cc(C(F)(F)F)cc(C(F)(F)F)c3)CC2)C1=O)c1ccccc1. The van der Waals surface area contributed by atoms with Gasteiger partial charge >= 0.3 is 18.4 Å². The number of rotatable bonds is 6. The third-order valence-electron chi connectivity index (χ3n) is 8.31. The fourth-order valence-corrected chi connectivity index (χ4v) is 5.92.